The summed E-state index contributed by atoms with van der Waals surface area (Å²) in [4.78, 5) is 88.5. The van der Waals surface area contributed by atoms with Gasteiger partial charge in [-0.2, -0.15) is 0 Å². The average molecular weight is 849 g/mol. The topological polar surface area (TPSA) is 218 Å². The van der Waals surface area contributed by atoms with Gasteiger partial charge in [-0.25, -0.2) is 0 Å². The number of allylic oxidation sites excluding steroid dienone is 4. The fourth-order valence-corrected chi connectivity index (χ4v) is 11.1. The summed E-state index contributed by atoms with van der Waals surface area (Å²) in [6.07, 6.45) is 8.03. The van der Waals surface area contributed by atoms with Crippen LogP contribution in [0.5, 0.6) is 0 Å². The average Bonchev–Trinajstić information content (AvgIpc) is 3.87. The predicted octanol–water partition coefficient (Wildman–Crippen LogP) is 2.75. The molecule has 0 aromatic heterocycles. The lowest BCUT2D eigenvalue weighted by Crippen LogP contribution is -2.62. The Bertz CT molecular complexity index is 2270. The van der Waals surface area contributed by atoms with Crippen molar-refractivity contribution in [2.45, 2.75) is 95.5 Å². The molecule has 1 saturated heterocycles. The maximum Gasteiger partial charge on any atom is 0.253 e. The molecule has 62 heavy (non-hydrogen) atoms. The van der Waals surface area contributed by atoms with Crippen molar-refractivity contribution in [1.82, 2.24) is 15.5 Å². The third-order valence-electron chi connectivity index (χ3n) is 14.1. The number of ether oxygens (including phenoxy) is 2. The monoisotopic (exact) mass is 848 g/mol. The van der Waals surface area contributed by atoms with E-state index in [-0.39, 0.29) is 42.4 Å². The van der Waals surface area contributed by atoms with Gasteiger partial charge in [-0.05, 0) is 99.1 Å². The maximum atomic E-state index is 13.9. The van der Waals surface area contributed by atoms with Crippen molar-refractivity contribution in [3.63, 3.8) is 0 Å². The first-order valence-electron chi connectivity index (χ1n) is 21.3. The van der Waals surface area contributed by atoms with Gasteiger partial charge in [-0.3, -0.25) is 38.5 Å². The second-order valence-electron chi connectivity index (χ2n) is 17.7. The van der Waals surface area contributed by atoms with Crippen LogP contribution in [0, 0.1) is 29.1 Å². The van der Waals surface area contributed by atoms with E-state index in [2.05, 4.69) is 16.0 Å². The number of rotatable bonds is 13. The van der Waals surface area contributed by atoms with Crippen LogP contribution < -0.4 is 16.0 Å². The number of carbonyl (C=O) groups excluding carboxylic acids is 7. The van der Waals surface area contributed by atoms with E-state index in [0.29, 0.717) is 30.5 Å². The van der Waals surface area contributed by atoms with Crippen molar-refractivity contribution in [3.8, 4) is 0 Å². The Morgan fingerprint density at radius 2 is 1.66 bits per heavy atom. The third-order valence-corrected chi connectivity index (χ3v) is 14.1. The van der Waals surface area contributed by atoms with Gasteiger partial charge in [0.1, 0.15) is 18.7 Å². The molecule has 15 heteroatoms. The number of aliphatic hydroxyl groups excluding tert-OH is 2. The van der Waals surface area contributed by atoms with Crippen LogP contribution in [0.1, 0.15) is 75.9 Å². The van der Waals surface area contributed by atoms with Gasteiger partial charge in [-0.1, -0.05) is 55.0 Å². The van der Waals surface area contributed by atoms with Gasteiger partial charge in [0.15, 0.2) is 23.5 Å². The molecule has 2 heterocycles. The van der Waals surface area contributed by atoms with Crippen LogP contribution in [0.4, 0.5) is 5.69 Å². The number of anilines is 1. The minimum atomic E-state index is -1.44. The number of benzene rings is 2. The Labute approximate surface area is 359 Å². The molecule has 2 aliphatic heterocycles. The van der Waals surface area contributed by atoms with Gasteiger partial charge in [0.25, 0.3) is 11.8 Å². The van der Waals surface area contributed by atoms with Crippen LogP contribution in [0.2, 0.25) is 0 Å². The summed E-state index contributed by atoms with van der Waals surface area (Å²) in [6.45, 7) is 4.17. The van der Waals surface area contributed by atoms with Crippen LogP contribution >= 0.6 is 0 Å². The zero-order chi connectivity index (χ0) is 44.1. The summed E-state index contributed by atoms with van der Waals surface area (Å²) < 4.78 is 13.3. The van der Waals surface area contributed by atoms with Gasteiger partial charge in [0.2, 0.25) is 17.7 Å². The molecule has 5 amide bonds. The summed E-state index contributed by atoms with van der Waals surface area (Å²) >= 11 is 0. The number of nitrogens with one attached hydrogen (secondary N) is 3. The molecular weight excluding hydrogens is 797 g/mol. The smallest absolute Gasteiger partial charge is 0.253 e. The minimum absolute atomic E-state index is 0.0108. The molecule has 0 spiro atoms. The Balaban J connectivity index is 0.862. The van der Waals surface area contributed by atoms with Crippen LogP contribution in [-0.2, 0) is 49.5 Å². The highest BCUT2D eigenvalue weighted by Crippen LogP contribution is 2.69. The molecule has 326 valence electrons. The van der Waals surface area contributed by atoms with Crippen LogP contribution in [0.3, 0.4) is 0 Å². The standard InChI is InChI=1S/C47H52N4O11/c1-25(48-39(56)17-18-51-40(57)15-16-41(51)58)43(59)49-26(2)44(60)50-31-6-4-5-28(20-31)19-27-7-9-29(10-8-27)45-61-38-22-35-34-13-11-30-21-32(53)12-14-33(30)42(34)36(54)23-46(35,3)47(38,62-45)37(55)24-52/h4-10,12,14-16,20-21,25-26,33-36,38,42,45,52,54H,11,13,17-19,22-24H2,1-3H3,(H,48,56)(H,49,59)(H,50,60)/t25-,26-,33?,34?,35-,36-,38+,42+,45+,46-,47+/m0/s1. The molecule has 2 aromatic carbocycles. The number of carbonyl (C=O) groups is 7. The molecule has 0 bridgehead atoms. The van der Waals surface area contributed by atoms with Crippen molar-refractivity contribution in [2.24, 2.45) is 29.1 Å². The normalized spacial score (nSPS) is 31.6. The summed E-state index contributed by atoms with van der Waals surface area (Å²) in [5.41, 5.74) is 1.93. The number of hydrogen-bond donors (Lipinski definition) is 5. The molecule has 11 atom stereocenters. The number of amides is 5. The van der Waals surface area contributed by atoms with E-state index in [4.69, 9.17) is 9.47 Å². The molecule has 3 saturated carbocycles. The Hall–Kier alpha value is -5.61. The lowest BCUT2D eigenvalue weighted by Gasteiger charge is -2.56. The molecule has 4 fully saturated rings. The van der Waals surface area contributed by atoms with E-state index >= 15 is 0 Å². The zero-order valence-electron chi connectivity index (χ0n) is 34.9. The van der Waals surface area contributed by atoms with Gasteiger partial charge in [0.05, 0.1) is 12.2 Å². The van der Waals surface area contributed by atoms with Crippen molar-refractivity contribution in [1.29, 1.82) is 0 Å². The molecule has 8 rings (SSSR count). The number of aliphatic hydroxyl groups is 2. The van der Waals surface area contributed by atoms with E-state index in [9.17, 15) is 43.8 Å². The lowest BCUT2D eigenvalue weighted by atomic mass is 9.49. The number of nitrogens with zero attached hydrogens (tertiary/aromatic N) is 1. The van der Waals surface area contributed by atoms with E-state index < -0.39 is 83.5 Å². The first-order valence-corrected chi connectivity index (χ1v) is 21.3. The molecule has 5 N–H and O–H groups in total. The number of hydrogen-bond acceptors (Lipinski definition) is 11. The Kier molecular flexibility index (Phi) is 11.8. The van der Waals surface area contributed by atoms with Gasteiger partial charge >= 0.3 is 0 Å². The van der Waals surface area contributed by atoms with Crippen LogP contribution in [0.15, 0.2) is 84.5 Å². The van der Waals surface area contributed by atoms with Crippen molar-refractivity contribution >= 4 is 46.8 Å². The lowest BCUT2D eigenvalue weighted by molar-refractivity contribution is -0.197. The molecule has 2 unspecified atom stereocenters. The summed E-state index contributed by atoms with van der Waals surface area (Å²) in [5, 5.41) is 30.0. The SMILES string of the molecule is C[C@H](NC(=O)CCN1C(=O)C=CC1=O)C(=O)N[C@@H](C)C(=O)Nc1cccc(Cc2ccc([C@@H]3O[C@@H]4C[C@H]5C6CCC7=CC(=O)C=CC7[C@H]6[C@@H](O)C[C@]5(C)[C@]4(C(=O)CO)O3)cc2)c1. The molecule has 15 nitrogen and oxygen atoms in total. The van der Waals surface area contributed by atoms with Gasteiger partial charge in [-0.15, -0.1) is 0 Å². The minimum Gasteiger partial charge on any atom is -0.393 e. The van der Waals surface area contributed by atoms with Crippen molar-refractivity contribution in [2.75, 3.05) is 18.5 Å². The first kappa shape index (κ1) is 43.1. The summed E-state index contributed by atoms with van der Waals surface area (Å²) in [5.74, 6) is -3.05. The fraction of sp³-hybridized carbons (Fsp3) is 0.468. The fourth-order valence-electron chi connectivity index (χ4n) is 11.1. The predicted molar refractivity (Wildman–Crippen MR) is 222 cm³/mol. The molecule has 4 aliphatic carbocycles. The van der Waals surface area contributed by atoms with E-state index in [1.807, 2.05) is 55.5 Å². The maximum absolute atomic E-state index is 13.9. The van der Waals surface area contributed by atoms with Gasteiger partial charge in [0, 0.05) is 47.7 Å². The Morgan fingerprint density at radius 1 is 0.935 bits per heavy atom. The van der Waals surface area contributed by atoms with Crippen molar-refractivity contribution < 1.29 is 53.2 Å². The highest BCUT2D eigenvalue weighted by Gasteiger charge is 2.75. The quantitative estimate of drug-likeness (QED) is 0.185. The molecule has 6 aliphatic rings. The number of Topliss-reactive ketones (excluding diaryl/α,β-unsaturated/α-hetero) is 1. The number of imide groups is 1. The molecular formula is C47H52N4O11. The summed E-state index contributed by atoms with van der Waals surface area (Å²) in [6, 6.07) is 13.0. The van der Waals surface area contributed by atoms with E-state index in [1.165, 1.54) is 13.8 Å². The van der Waals surface area contributed by atoms with Crippen LogP contribution in [-0.4, -0.2) is 99.3 Å². The molecule has 2 aromatic rings. The summed E-state index contributed by atoms with van der Waals surface area (Å²) in [7, 11) is 0. The van der Waals surface area contributed by atoms with E-state index in [0.717, 1.165) is 46.6 Å². The van der Waals surface area contributed by atoms with Crippen LogP contribution in [0.25, 0.3) is 0 Å². The Morgan fingerprint density at radius 3 is 2.39 bits per heavy atom. The number of ketones is 2. The second-order valence-corrected chi connectivity index (χ2v) is 17.7. The highest BCUT2D eigenvalue weighted by molar-refractivity contribution is 6.13. The van der Waals surface area contributed by atoms with Crippen molar-refractivity contribution in [3.05, 3.63) is 101 Å². The second kappa shape index (κ2) is 16.9. The van der Waals surface area contributed by atoms with Gasteiger partial charge < -0.3 is 35.6 Å². The zero-order valence-corrected chi connectivity index (χ0v) is 34.9. The largest absolute Gasteiger partial charge is 0.393 e. The van der Waals surface area contributed by atoms with E-state index in [1.54, 1.807) is 18.2 Å². The highest BCUT2D eigenvalue weighted by atomic mass is 16.7. The molecule has 0 radical (unpaired) electrons. The third kappa shape index (κ3) is 7.76. The number of fused-ring (bicyclic) bond motifs is 7. The first-order chi connectivity index (χ1) is 29.6.